The minimum Gasteiger partial charge on any atom is -0.463 e. The normalized spacial score (nSPS) is 10.5. The highest BCUT2D eigenvalue weighted by molar-refractivity contribution is 5.93. The maximum absolute atomic E-state index is 11.6. The number of anilines is 1. The van der Waals surface area contributed by atoms with Crippen molar-refractivity contribution in [1.82, 2.24) is 4.98 Å². The van der Waals surface area contributed by atoms with E-state index in [1.165, 1.54) is 13.4 Å². The highest BCUT2D eigenvalue weighted by Crippen LogP contribution is 2.23. The zero-order chi connectivity index (χ0) is 14.7. The number of rotatable bonds is 4. The van der Waals surface area contributed by atoms with Crippen LogP contribution in [0.3, 0.4) is 0 Å². The van der Waals surface area contributed by atoms with Gasteiger partial charge in [0.1, 0.15) is 0 Å². The molecule has 2 heterocycles. The Balaban J connectivity index is 1.84. The third-order valence-corrected chi connectivity index (χ3v) is 3.27. The van der Waals surface area contributed by atoms with E-state index in [0.717, 1.165) is 22.0 Å². The van der Waals surface area contributed by atoms with Crippen LogP contribution >= 0.6 is 0 Å². The molecule has 1 aromatic carbocycles. The molecule has 5 heteroatoms. The number of furan rings is 1. The van der Waals surface area contributed by atoms with Gasteiger partial charge in [0.05, 0.1) is 13.4 Å². The summed E-state index contributed by atoms with van der Waals surface area (Å²) in [5, 5.41) is 5.44. The van der Waals surface area contributed by atoms with Crippen LogP contribution in [0.5, 0.6) is 0 Å². The van der Waals surface area contributed by atoms with Crippen molar-refractivity contribution < 1.29 is 13.9 Å². The molecule has 2 aromatic heterocycles. The number of methoxy groups -OCH3 is 1. The summed E-state index contributed by atoms with van der Waals surface area (Å²) in [6.07, 6.45) is 5.06. The second-order valence-corrected chi connectivity index (χ2v) is 4.52. The van der Waals surface area contributed by atoms with E-state index in [1.54, 1.807) is 12.3 Å². The van der Waals surface area contributed by atoms with Gasteiger partial charge in [0.2, 0.25) is 5.76 Å². The Hall–Kier alpha value is -2.82. The first-order valence-electron chi connectivity index (χ1n) is 6.51. The number of fused-ring (bicyclic) bond motifs is 1. The number of pyridine rings is 1. The lowest BCUT2D eigenvalue weighted by Gasteiger charge is -2.09. The van der Waals surface area contributed by atoms with E-state index in [-0.39, 0.29) is 5.76 Å². The predicted molar refractivity (Wildman–Crippen MR) is 79.1 cm³/mol. The van der Waals surface area contributed by atoms with E-state index in [0.29, 0.717) is 6.54 Å². The number of nitrogens with one attached hydrogen (secondary N) is 1. The molecule has 0 spiro atoms. The molecule has 3 aromatic rings. The Morgan fingerprint density at radius 2 is 2.24 bits per heavy atom. The van der Waals surface area contributed by atoms with Crippen molar-refractivity contribution in [3.05, 3.63) is 60.3 Å². The summed E-state index contributed by atoms with van der Waals surface area (Å²) < 4.78 is 9.85. The topological polar surface area (TPSA) is 64.4 Å². The van der Waals surface area contributed by atoms with Crippen LogP contribution in [0.15, 0.2) is 53.4 Å². The lowest BCUT2D eigenvalue weighted by molar-refractivity contribution is 0.0563. The molecule has 0 amide bonds. The fraction of sp³-hybridized carbons (Fsp3) is 0.125. The van der Waals surface area contributed by atoms with Crippen molar-refractivity contribution >= 4 is 22.4 Å². The number of hydrogen-bond acceptors (Lipinski definition) is 5. The van der Waals surface area contributed by atoms with Crippen molar-refractivity contribution in [2.75, 3.05) is 12.4 Å². The molecule has 0 radical (unpaired) electrons. The molecule has 0 saturated carbocycles. The maximum atomic E-state index is 11.6. The van der Waals surface area contributed by atoms with E-state index in [2.05, 4.69) is 15.0 Å². The van der Waals surface area contributed by atoms with Crippen LogP contribution in [0.2, 0.25) is 0 Å². The lowest BCUT2D eigenvalue weighted by atomic mass is 10.1. The Kier molecular flexibility index (Phi) is 3.55. The summed E-state index contributed by atoms with van der Waals surface area (Å²) >= 11 is 0. The van der Waals surface area contributed by atoms with E-state index in [9.17, 15) is 4.79 Å². The highest BCUT2D eigenvalue weighted by Gasteiger charge is 2.15. The van der Waals surface area contributed by atoms with E-state index in [4.69, 9.17) is 4.42 Å². The molecule has 1 N–H and O–H groups in total. The van der Waals surface area contributed by atoms with Gasteiger partial charge in [0.15, 0.2) is 0 Å². The molecule has 0 bridgehead atoms. The Morgan fingerprint density at radius 3 is 3.10 bits per heavy atom. The van der Waals surface area contributed by atoms with Crippen LogP contribution in [0.1, 0.15) is 16.1 Å². The van der Waals surface area contributed by atoms with Crippen molar-refractivity contribution in [2.24, 2.45) is 0 Å². The second-order valence-electron chi connectivity index (χ2n) is 4.52. The molecule has 5 nitrogen and oxygen atoms in total. The molecule has 0 saturated heterocycles. The van der Waals surface area contributed by atoms with Crippen LogP contribution in [0, 0.1) is 0 Å². The van der Waals surface area contributed by atoms with Crippen LogP contribution < -0.4 is 5.32 Å². The van der Waals surface area contributed by atoms with E-state index in [1.807, 2.05) is 30.5 Å². The molecular formula is C16H14N2O3. The van der Waals surface area contributed by atoms with Crippen LogP contribution in [0.4, 0.5) is 5.69 Å². The predicted octanol–water partition coefficient (Wildman–Crippen LogP) is 3.23. The van der Waals surface area contributed by atoms with Gasteiger partial charge in [0, 0.05) is 35.6 Å². The van der Waals surface area contributed by atoms with Gasteiger partial charge in [-0.2, -0.15) is 0 Å². The molecule has 0 unspecified atom stereocenters. The summed E-state index contributed by atoms with van der Waals surface area (Å²) in [7, 11) is 1.33. The van der Waals surface area contributed by atoms with Crippen molar-refractivity contribution in [3.63, 3.8) is 0 Å². The molecular weight excluding hydrogens is 268 g/mol. The summed E-state index contributed by atoms with van der Waals surface area (Å²) in [5.74, 6) is -0.250. The van der Waals surface area contributed by atoms with Gasteiger partial charge >= 0.3 is 5.97 Å². The van der Waals surface area contributed by atoms with Crippen LogP contribution in [0.25, 0.3) is 10.8 Å². The number of esters is 1. The highest BCUT2D eigenvalue weighted by atomic mass is 16.5. The van der Waals surface area contributed by atoms with E-state index >= 15 is 0 Å². The Morgan fingerprint density at radius 1 is 1.33 bits per heavy atom. The van der Waals surface area contributed by atoms with Gasteiger partial charge in [-0.3, -0.25) is 4.98 Å². The lowest BCUT2D eigenvalue weighted by Crippen LogP contribution is -2.07. The average molecular weight is 282 g/mol. The van der Waals surface area contributed by atoms with Crippen molar-refractivity contribution in [2.45, 2.75) is 6.54 Å². The van der Waals surface area contributed by atoms with Crippen molar-refractivity contribution in [1.29, 1.82) is 0 Å². The summed E-state index contributed by atoms with van der Waals surface area (Å²) in [5.41, 5.74) is 1.71. The quantitative estimate of drug-likeness (QED) is 0.744. The third kappa shape index (κ3) is 2.58. The first kappa shape index (κ1) is 13.2. The third-order valence-electron chi connectivity index (χ3n) is 3.27. The average Bonchev–Trinajstić information content (AvgIpc) is 3.00. The number of ether oxygens (including phenoxy) is 1. The van der Waals surface area contributed by atoms with Crippen molar-refractivity contribution in [3.8, 4) is 0 Å². The molecule has 0 aliphatic carbocycles. The summed E-state index contributed by atoms with van der Waals surface area (Å²) in [6.45, 7) is 0.467. The number of benzene rings is 1. The zero-order valence-electron chi connectivity index (χ0n) is 11.5. The number of aromatic nitrogens is 1. The number of carbonyl (C=O) groups excluding carboxylic acids is 1. The molecule has 0 aliphatic heterocycles. The van der Waals surface area contributed by atoms with Crippen LogP contribution in [-0.2, 0) is 11.3 Å². The number of nitrogens with zero attached hydrogens (tertiary/aromatic N) is 1. The molecule has 106 valence electrons. The summed E-state index contributed by atoms with van der Waals surface area (Å²) in [6, 6.07) is 9.68. The molecule has 3 rings (SSSR count). The Bertz CT molecular complexity index is 775. The fourth-order valence-electron chi connectivity index (χ4n) is 2.20. The number of carbonyl (C=O) groups is 1. The second kappa shape index (κ2) is 5.66. The molecule has 0 atom stereocenters. The van der Waals surface area contributed by atoms with Gasteiger partial charge in [-0.15, -0.1) is 0 Å². The monoisotopic (exact) mass is 282 g/mol. The fourth-order valence-corrected chi connectivity index (χ4v) is 2.20. The van der Waals surface area contributed by atoms with E-state index < -0.39 is 5.97 Å². The smallest absolute Gasteiger partial charge is 0.374 e. The standard InChI is InChI=1S/C16H14N2O3/c1-20-16(19)15-12(6-8-21-15)9-18-14-4-2-3-11-5-7-17-10-13(11)14/h2-8,10,18H,9H2,1H3. The SMILES string of the molecule is COC(=O)c1occc1CNc1cccc2ccncc12. The number of hydrogen-bond donors (Lipinski definition) is 1. The first-order valence-corrected chi connectivity index (χ1v) is 6.51. The molecule has 21 heavy (non-hydrogen) atoms. The maximum Gasteiger partial charge on any atom is 0.374 e. The largest absolute Gasteiger partial charge is 0.463 e. The zero-order valence-corrected chi connectivity index (χ0v) is 11.5. The van der Waals surface area contributed by atoms with Gasteiger partial charge in [-0.05, 0) is 23.6 Å². The molecule has 0 fully saturated rings. The minimum atomic E-state index is -0.476. The summed E-state index contributed by atoms with van der Waals surface area (Å²) in [4.78, 5) is 15.7. The van der Waals surface area contributed by atoms with Gasteiger partial charge in [-0.1, -0.05) is 12.1 Å². The molecule has 0 aliphatic rings. The van der Waals surface area contributed by atoms with Crippen LogP contribution in [-0.4, -0.2) is 18.1 Å². The van der Waals surface area contributed by atoms with Gasteiger partial charge < -0.3 is 14.5 Å². The van der Waals surface area contributed by atoms with Gasteiger partial charge in [0.25, 0.3) is 0 Å². The minimum absolute atomic E-state index is 0.225. The van der Waals surface area contributed by atoms with Gasteiger partial charge in [-0.25, -0.2) is 4.79 Å². The Labute approximate surface area is 121 Å². The first-order chi connectivity index (χ1) is 10.3.